The van der Waals surface area contributed by atoms with Gasteiger partial charge in [-0.3, -0.25) is 9.59 Å². The van der Waals surface area contributed by atoms with Crippen LogP contribution in [0.1, 0.15) is 26.7 Å². The molecule has 0 aromatic carbocycles. The highest BCUT2D eigenvalue weighted by molar-refractivity contribution is 5.94. The van der Waals surface area contributed by atoms with E-state index in [2.05, 4.69) is 6.92 Å². The van der Waals surface area contributed by atoms with Crippen molar-refractivity contribution in [3.05, 3.63) is 12.2 Å². The third-order valence-corrected chi connectivity index (χ3v) is 2.25. The van der Waals surface area contributed by atoms with Gasteiger partial charge in [-0.25, -0.2) is 0 Å². The van der Waals surface area contributed by atoms with Crippen LogP contribution in [-0.4, -0.2) is 37.4 Å². The number of unbranched alkanes of at least 4 members (excludes halogenated alkanes) is 1. The molecule has 0 aliphatic carbocycles. The SMILES string of the molecule is CCCCO[C@@H]1C=CC(=O)[C@@H](COC(C)=O)O1. The van der Waals surface area contributed by atoms with Gasteiger partial charge >= 0.3 is 5.97 Å². The molecule has 0 saturated heterocycles. The fourth-order valence-electron chi connectivity index (χ4n) is 1.31. The molecule has 5 nitrogen and oxygen atoms in total. The van der Waals surface area contributed by atoms with Crippen molar-refractivity contribution >= 4 is 11.8 Å². The standard InChI is InChI=1S/C12H18O5/c1-3-4-7-15-12-6-5-10(14)11(17-12)8-16-9(2)13/h5-6,11-12H,3-4,7-8H2,1-2H3/t11-,12+/m1/s1. The molecular formula is C12H18O5. The summed E-state index contributed by atoms with van der Waals surface area (Å²) in [6, 6.07) is 0. The molecule has 0 N–H and O–H groups in total. The fourth-order valence-corrected chi connectivity index (χ4v) is 1.31. The van der Waals surface area contributed by atoms with Crippen LogP contribution in [0.25, 0.3) is 0 Å². The van der Waals surface area contributed by atoms with E-state index >= 15 is 0 Å². The molecule has 0 saturated carbocycles. The summed E-state index contributed by atoms with van der Waals surface area (Å²) in [6.45, 7) is 3.87. The van der Waals surface area contributed by atoms with Crippen LogP contribution >= 0.6 is 0 Å². The van der Waals surface area contributed by atoms with Gasteiger partial charge in [0.15, 0.2) is 18.2 Å². The quantitative estimate of drug-likeness (QED) is 0.517. The van der Waals surface area contributed by atoms with E-state index in [1.165, 1.54) is 13.0 Å². The van der Waals surface area contributed by atoms with Gasteiger partial charge in [0.2, 0.25) is 0 Å². The maximum absolute atomic E-state index is 11.4. The number of carbonyl (C=O) groups is 2. The van der Waals surface area contributed by atoms with E-state index in [0.717, 1.165) is 12.8 Å². The molecule has 17 heavy (non-hydrogen) atoms. The second-order valence-corrected chi connectivity index (χ2v) is 3.78. The highest BCUT2D eigenvalue weighted by Gasteiger charge is 2.26. The average Bonchev–Trinajstić information content (AvgIpc) is 2.29. The Morgan fingerprint density at radius 2 is 2.29 bits per heavy atom. The summed E-state index contributed by atoms with van der Waals surface area (Å²) in [6.07, 6.45) is 3.68. The van der Waals surface area contributed by atoms with Crippen molar-refractivity contribution in [2.75, 3.05) is 13.2 Å². The lowest BCUT2D eigenvalue weighted by Crippen LogP contribution is -2.37. The van der Waals surface area contributed by atoms with Gasteiger partial charge in [-0.15, -0.1) is 0 Å². The lowest BCUT2D eigenvalue weighted by atomic mass is 10.2. The van der Waals surface area contributed by atoms with Crippen molar-refractivity contribution in [2.45, 2.75) is 39.1 Å². The number of rotatable bonds is 6. The number of esters is 1. The van der Waals surface area contributed by atoms with Crippen molar-refractivity contribution in [3.8, 4) is 0 Å². The maximum Gasteiger partial charge on any atom is 0.302 e. The van der Waals surface area contributed by atoms with E-state index < -0.39 is 18.4 Å². The Morgan fingerprint density at radius 1 is 1.53 bits per heavy atom. The van der Waals surface area contributed by atoms with E-state index in [4.69, 9.17) is 14.2 Å². The normalized spacial score (nSPS) is 23.8. The molecular weight excluding hydrogens is 224 g/mol. The Morgan fingerprint density at radius 3 is 2.94 bits per heavy atom. The first-order valence-corrected chi connectivity index (χ1v) is 5.76. The summed E-state index contributed by atoms with van der Waals surface area (Å²) in [5, 5.41) is 0. The van der Waals surface area contributed by atoms with Crippen molar-refractivity contribution in [1.29, 1.82) is 0 Å². The second kappa shape index (κ2) is 7.19. The van der Waals surface area contributed by atoms with Crippen LogP contribution in [0.3, 0.4) is 0 Å². The molecule has 0 unspecified atom stereocenters. The van der Waals surface area contributed by atoms with Crippen LogP contribution in [0.2, 0.25) is 0 Å². The van der Waals surface area contributed by atoms with Gasteiger partial charge in [-0.1, -0.05) is 13.3 Å². The highest BCUT2D eigenvalue weighted by atomic mass is 16.7. The Bertz CT molecular complexity index is 297. The predicted octanol–water partition coefficient (Wildman–Crippen LogP) is 1.22. The molecule has 2 atom stereocenters. The number of hydrogen-bond acceptors (Lipinski definition) is 5. The zero-order chi connectivity index (χ0) is 12.7. The van der Waals surface area contributed by atoms with Crippen molar-refractivity contribution in [2.24, 2.45) is 0 Å². The lowest BCUT2D eigenvalue weighted by molar-refractivity contribution is -0.176. The first-order valence-electron chi connectivity index (χ1n) is 5.76. The maximum atomic E-state index is 11.4. The molecule has 0 amide bonds. The number of carbonyl (C=O) groups excluding carboxylic acids is 2. The molecule has 96 valence electrons. The molecule has 1 aliphatic rings. The Labute approximate surface area is 101 Å². The van der Waals surface area contributed by atoms with Gasteiger partial charge in [0.25, 0.3) is 0 Å². The molecule has 1 rings (SSSR count). The smallest absolute Gasteiger partial charge is 0.302 e. The van der Waals surface area contributed by atoms with Crippen molar-refractivity contribution in [1.82, 2.24) is 0 Å². The summed E-state index contributed by atoms with van der Waals surface area (Å²) >= 11 is 0. The Kier molecular flexibility index (Phi) is 5.86. The van der Waals surface area contributed by atoms with E-state index in [0.29, 0.717) is 6.61 Å². The number of ketones is 1. The molecule has 0 radical (unpaired) electrons. The average molecular weight is 242 g/mol. The van der Waals surface area contributed by atoms with Gasteiger partial charge in [-0.05, 0) is 18.6 Å². The summed E-state index contributed by atoms with van der Waals surface area (Å²) in [5.41, 5.74) is 0. The van der Waals surface area contributed by atoms with Gasteiger partial charge in [-0.2, -0.15) is 0 Å². The molecule has 5 heteroatoms. The summed E-state index contributed by atoms with van der Waals surface area (Å²) in [4.78, 5) is 22.1. The fraction of sp³-hybridized carbons (Fsp3) is 0.667. The zero-order valence-corrected chi connectivity index (χ0v) is 10.2. The molecule has 1 aliphatic heterocycles. The first-order chi connectivity index (χ1) is 8.13. The van der Waals surface area contributed by atoms with E-state index in [9.17, 15) is 9.59 Å². The van der Waals surface area contributed by atoms with Crippen LogP contribution in [0.15, 0.2) is 12.2 Å². The molecule has 0 fully saturated rings. The molecule has 0 bridgehead atoms. The minimum atomic E-state index is -0.754. The minimum absolute atomic E-state index is 0.0633. The first kappa shape index (κ1) is 13.9. The lowest BCUT2D eigenvalue weighted by Gasteiger charge is -2.24. The van der Waals surface area contributed by atoms with Gasteiger partial charge < -0.3 is 14.2 Å². The topological polar surface area (TPSA) is 61.8 Å². The van der Waals surface area contributed by atoms with Gasteiger partial charge in [0.05, 0.1) is 6.61 Å². The third kappa shape index (κ3) is 5.10. The van der Waals surface area contributed by atoms with Gasteiger partial charge in [0.1, 0.15) is 6.61 Å². The zero-order valence-electron chi connectivity index (χ0n) is 10.2. The number of ether oxygens (including phenoxy) is 3. The van der Waals surface area contributed by atoms with Crippen LogP contribution < -0.4 is 0 Å². The Hall–Kier alpha value is -1.20. The van der Waals surface area contributed by atoms with Crippen molar-refractivity contribution < 1.29 is 23.8 Å². The molecule has 1 heterocycles. The monoisotopic (exact) mass is 242 g/mol. The van der Waals surface area contributed by atoms with E-state index in [1.54, 1.807) is 6.08 Å². The van der Waals surface area contributed by atoms with Crippen LogP contribution in [-0.2, 0) is 23.8 Å². The molecule has 0 aromatic rings. The van der Waals surface area contributed by atoms with Crippen LogP contribution in [0.5, 0.6) is 0 Å². The molecule has 0 spiro atoms. The van der Waals surface area contributed by atoms with Crippen molar-refractivity contribution in [3.63, 3.8) is 0 Å². The summed E-state index contributed by atoms with van der Waals surface area (Å²) < 4.78 is 15.5. The second-order valence-electron chi connectivity index (χ2n) is 3.78. The highest BCUT2D eigenvalue weighted by Crippen LogP contribution is 2.12. The van der Waals surface area contributed by atoms with Crippen LogP contribution in [0.4, 0.5) is 0 Å². The van der Waals surface area contributed by atoms with E-state index in [-0.39, 0.29) is 12.4 Å². The largest absolute Gasteiger partial charge is 0.463 e. The predicted molar refractivity (Wildman–Crippen MR) is 60.3 cm³/mol. The molecule has 0 aromatic heterocycles. The van der Waals surface area contributed by atoms with Crippen LogP contribution in [0, 0.1) is 0 Å². The minimum Gasteiger partial charge on any atom is -0.463 e. The van der Waals surface area contributed by atoms with E-state index in [1.807, 2.05) is 0 Å². The van der Waals surface area contributed by atoms with Gasteiger partial charge in [0, 0.05) is 6.92 Å². The number of hydrogen-bond donors (Lipinski definition) is 0. The Balaban J connectivity index is 2.38. The summed E-state index contributed by atoms with van der Waals surface area (Å²) in [7, 11) is 0. The third-order valence-electron chi connectivity index (χ3n) is 2.25. The summed E-state index contributed by atoms with van der Waals surface area (Å²) in [5.74, 6) is -0.638.